The zero-order chi connectivity index (χ0) is 26.6. The number of carbonyl (C=O) groups is 1. The zero-order valence-corrected chi connectivity index (χ0v) is 21.8. The molecule has 4 heterocycles. The maximum atomic E-state index is 14.3. The van der Waals surface area contributed by atoms with Crippen LogP contribution >= 0.6 is 0 Å². The topological polar surface area (TPSA) is 115 Å². The van der Waals surface area contributed by atoms with Gasteiger partial charge in [-0.15, -0.1) is 0 Å². The van der Waals surface area contributed by atoms with Gasteiger partial charge in [0.2, 0.25) is 5.88 Å². The number of rotatable bonds is 6. The fraction of sp³-hybridized carbons (Fsp3) is 0.538. The summed E-state index contributed by atoms with van der Waals surface area (Å²) in [6.07, 6.45) is 6.76. The van der Waals surface area contributed by atoms with Crippen LogP contribution in [0.15, 0.2) is 30.2 Å². The summed E-state index contributed by atoms with van der Waals surface area (Å²) in [4.78, 5) is 18.2. The molecule has 2 aliphatic rings. The van der Waals surface area contributed by atoms with Crippen LogP contribution in [0.5, 0.6) is 5.88 Å². The Morgan fingerprint density at radius 3 is 2.81 bits per heavy atom. The van der Waals surface area contributed by atoms with E-state index in [9.17, 15) is 9.18 Å². The van der Waals surface area contributed by atoms with Gasteiger partial charge in [0.15, 0.2) is 5.82 Å². The van der Waals surface area contributed by atoms with E-state index in [2.05, 4.69) is 15.4 Å². The number of ether oxygens (including phenoxy) is 3. The summed E-state index contributed by atoms with van der Waals surface area (Å²) >= 11 is 0. The number of pyridine rings is 1. The number of hydrogen-bond donors (Lipinski definition) is 2. The Hall–Kier alpha value is -3.47. The van der Waals surface area contributed by atoms with Crippen molar-refractivity contribution in [1.29, 1.82) is 5.41 Å². The van der Waals surface area contributed by atoms with E-state index >= 15 is 0 Å². The van der Waals surface area contributed by atoms with Crippen LogP contribution in [-0.4, -0.2) is 70.5 Å². The number of carbonyl (C=O) groups excluding carboxylic acids is 1. The van der Waals surface area contributed by atoms with Crippen molar-refractivity contribution in [3.05, 3.63) is 41.6 Å². The van der Waals surface area contributed by atoms with Gasteiger partial charge in [0.25, 0.3) is 0 Å². The minimum Gasteiger partial charge on any atom is -0.479 e. The molecule has 4 rings (SSSR count). The molecule has 10 nitrogen and oxygen atoms in total. The van der Waals surface area contributed by atoms with Crippen molar-refractivity contribution < 1.29 is 23.4 Å². The highest BCUT2D eigenvalue weighted by Crippen LogP contribution is 2.28. The van der Waals surface area contributed by atoms with Crippen LogP contribution in [0.1, 0.15) is 45.6 Å². The van der Waals surface area contributed by atoms with Crippen LogP contribution in [-0.2, 0) is 16.0 Å². The number of nitrogens with one attached hydrogen (secondary N) is 2. The maximum Gasteiger partial charge on any atom is 0.410 e. The Morgan fingerprint density at radius 1 is 1.30 bits per heavy atom. The van der Waals surface area contributed by atoms with Gasteiger partial charge in [0.1, 0.15) is 5.60 Å². The SMILES string of the molecule is COc1ncc(N/C(=C2/CCOCCC2=N)c2cnn(CC3CCN(C(=O)OC(C)(C)C)C3)c2)cc1F. The summed E-state index contributed by atoms with van der Waals surface area (Å²) in [6.45, 7) is 8.47. The van der Waals surface area contributed by atoms with E-state index in [1.807, 2.05) is 31.6 Å². The minimum absolute atomic E-state index is 0.0832. The minimum atomic E-state index is -0.581. The predicted molar refractivity (Wildman–Crippen MR) is 137 cm³/mol. The van der Waals surface area contributed by atoms with Gasteiger partial charge in [-0.3, -0.25) is 4.68 Å². The van der Waals surface area contributed by atoms with Gasteiger partial charge in [-0.25, -0.2) is 14.2 Å². The molecule has 1 atom stereocenters. The second-order valence-electron chi connectivity index (χ2n) is 10.3. The molecular formula is C26H35FN6O4. The van der Waals surface area contributed by atoms with Crippen molar-refractivity contribution in [3.63, 3.8) is 0 Å². The van der Waals surface area contributed by atoms with Crippen molar-refractivity contribution in [3.8, 4) is 5.88 Å². The second-order valence-corrected chi connectivity index (χ2v) is 10.3. The average molecular weight is 515 g/mol. The zero-order valence-electron chi connectivity index (χ0n) is 21.8. The van der Waals surface area contributed by atoms with Gasteiger partial charge in [-0.05, 0) is 45.1 Å². The van der Waals surface area contributed by atoms with E-state index in [0.29, 0.717) is 62.8 Å². The third kappa shape index (κ3) is 6.85. The number of hydrogen-bond acceptors (Lipinski definition) is 8. The molecule has 0 aromatic carbocycles. The highest BCUT2D eigenvalue weighted by atomic mass is 19.1. The van der Waals surface area contributed by atoms with E-state index < -0.39 is 11.4 Å². The third-order valence-corrected chi connectivity index (χ3v) is 6.23. The van der Waals surface area contributed by atoms with Crippen LogP contribution in [0.2, 0.25) is 0 Å². The van der Waals surface area contributed by atoms with Crippen molar-refractivity contribution in [2.45, 2.75) is 52.2 Å². The second kappa shape index (κ2) is 11.3. The molecule has 2 N–H and O–H groups in total. The number of aromatic nitrogens is 3. The molecule has 1 unspecified atom stereocenters. The molecular weight excluding hydrogens is 479 g/mol. The number of likely N-dealkylation sites (tertiary alicyclic amines) is 1. The Labute approximate surface area is 216 Å². The Balaban J connectivity index is 1.53. The quantitative estimate of drug-likeness (QED) is 0.589. The number of anilines is 1. The number of nitrogens with zero attached hydrogens (tertiary/aromatic N) is 4. The van der Waals surface area contributed by atoms with E-state index in [1.165, 1.54) is 19.4 Å². The lowest BCUT2D eigenvalue weighted by Crippen LogP contribution is -2.35. The fourth-order valence-corrected chi connectivity index (χ4v) is 4.47. The lowest BCUT2D eigenvalue weighted by molar-refractivity contribution is 0.0286. The predicted octanol–water partition coefficient (Wildman–Crippen LogP) is 4.34. The lowest BCUT2D eigenvalue weighted by atomic mass is 10.00. The fourth-order valence-electron chi connectivity index (χ4n) is 4.47. The molecule has 0 aliphatic carbocycles. The van der Waals surface area contributed by atoms with Crippen molar-refractivity contribution in [1.82, 2.24) is 19.7 Å². The van der Waals surface area contributed by atoms with E-state index in [-0.39, 0.29) is 17.9 Å². The molecule has 2 aromatic rings. The van der Waals surface area contributed by atoms with Crippen LogP contribution in [0.4, 0.5) is 14.9 Å². The third-order valence-electron chi connectivity index (χ3n) is 6.23. The van der Waals surface area contributed by atoms with Crippen LogP contribution in [0.25, 0.3) is 5.70 Å². The van der Waals surface area contributed by atoms with E-state index in [0.717, 1.165) is 17.6 Å². The van der Waals surface area contributed by atoms with Crippen molar-refractivity contribution in [2.24, 2.45) is 5.92 Å². The normalized spacial score (nSPS) is 20.0. The van der Waals surface area contributed by atoms with Gasteiger partial charge in [-0.2, -0.15) is 5.10 Å². The standard InChI is InChI=1S/C26H35FN6O4/c1-26(2,3)37-25(34)32-8-5-17(14-32)15-33-16-18(12-30-33)23(20-6-9-36-10-7-22(20)28)31-19-11-21(27)24(35-4)29-13-19/h11-13,16-17,28,31H,5-10,14-15H2,1-4H3/b23-20-,28-22?. The summed E-state index contributed by atoms with van der Waals surface area (Å²) in [5.41, 5.74) is 2.64. The molecule has 2 aromatic heterocycles. The summed E-state index contributed by atoms with van der Waals surface area (Å²) in [5.74, 6) is -0.420. The Morgan fingerprint density at radius 2 is 2.08 bits per heavy atom. The largest absolute Gasteiger partial charge is 0.479 e. The Bertz CT molecular complexity index is 1170. The van der Waals surface area contributed by atoms with Crippen molar-refractivity contribution in [2.75, 3.05) is 38.7 Å². The summed E-state index contributed by atoms with van der Waals surface area (Å²) in [5, 5.41) is 16.4. The highest BCUT2D eigenvalue weighted by molar-refractivity contribution is 6.06. The Kier molecular flexibility index (Phi) is 8.11. The number of amides is 1. The van der Waals surface area contributed by atoms with Gasteiger partial charge >= 0.3 is 6.09 Å². The first-order valence-corrected chi connectivity index (χ1v) is 12.5. The van der Waals surface area contributed by atoms with Gasteiger partial charge in [0.05, 0.1) is 44.1 Å². The number of halogens is 1. The first-order chi connectivity index (χ1) is 17.6. The van der Waals surface area contributed by atoms with Crippen LogP contribution < -0.4 is 10.1 Å². The smallest absolute Gasteiger partial charge is 0.410 e. The number of methoxy groups -OCH3 is 1. The summed E-state index contributed by atoms with van der Waals surface area (Å²) < 4.78 is 32.2. The molecule has 0 saturated carbocycles. The molecule has 0 spiro atoms. The van der Waals surface area contributed by atoms with E-state index in [1.54, 1.807) is 11.1 Å². The first kappa shape index (κ1) is 26.6. The maximum absolute atomic E-state index is 14.3. The monoisotopic (exact) mass is 514 g/mol. The molecule has 2 fully saturated rings. The summed E-state index contributed by atoms with van der Waals surface area (Å²) in [6, 6.07) is 1.32. The van der Waals surface area contributed by atoms with Crippen molar-refractivity contribution >= 4 is 23.2 Å². The van der Waals surface area contributed by atoms with E-state index in [4.69, 9.17) is 19.6 Å². The lowest BCUT2D eigenvalue weighted by Gasteiger charge is -2.24. The van der Waals surface area contributed by atoms with Gasteiger partial charge < -0.3 is 29.8 Å². The van der Waals surface area contributed by atoms with Gasteiger partial charge in [-0.1, -0.05) is 0 Å². The molecule has 37 heavy (non-hydrogen) atoms. The van der Waals surface area contributed by atoms with Crippen LogP contribution in [0.3, 0.4) is 0 Å². The summed E-state index contributed by atoms with van der Waals surface area (Å²) in [7, 11) is 1.37. The molecule has 11 heteroatoms. The first-order valence-electron chi connectivity index (χ1n) is 12.5. The van der Waals surface area contributed by atoms with Crippen LogP contribution in [0, 0.1) is 17.1 Å². The molecule has 0 bridgehead atoms. The molecule has 2 aliphatic heterocycles. The highest BCUT2D eigenvalue weighted by Gasteiger charge is 2.30. The molecule has 0 radical (unpaired) electrons. The van der Waals surface area contributed by atoms with Gasteiger partial charge in [0, 0.05) is 49.6 Å². The molecule has 2 saturated heterocycles. The average Bonchev–Trinajstić information content (AvgIpc) is 3.44. The molecule has 1 amide bonds. The molecule has 200 valence electrons.